The van der Waals surface area contributed by atoms with Gasteiger partial charge in [0.05, 0.1) is 16.9 Å². The van der Waals surface area contributed by atoms with Crippen molar-refractivity contribution in [2.24, 2.45) is 0 Å². The summed E-state index contributed by atoms with van der Waals surface area (Å²) in [5.41, 5.74) is 10.1. The van der Waals surface area contributed by atoms with Gasteiger partial charge in [-0.05, 0) is 47.2 Å². The van der Waals surface area contributed by atoms with Gasteiger partial charge in [-0.3, -0.25) is 4.57 Å². The van der Waals surface area contributed by atoms with Gasteiger partial charge in [0.15, 0.2) is 11.5 Å². The van der Waals surface area contributed by atoms with E-state index in [1.807, 2.05) is 18.2 Å². The summed E-state index contributed by atoms with van der Waals surface area (Å²) in [6, 6.07) is 35.7. The molecule has 196 valence electrons. The monoisotopic (exact) mass is 521 g/mol. The van der Waals surface area contributed by atoms with E-state index in [1.54, 1.807) is 0 Å². The Balaban J connectivity index is 1.62. The third-order valence-electron chi connectivity index (χ3n) is 7.79. The molecule has 0 radical (unpaired) electrons. The summed E-state index contributed by atoms with van der Waals surface area (Å²) in [5, 5.41) is 2.20. The number of aromatic nitrogens is 3. The van der Waals surface area contributed by atoms with Crippen LogP contribution in [0.5, 0.6) is 0 Å². The highest BCUT2D eigenvalue weighted by Gasteiger charge is 2.25. The number of hydrogen-bond acceptors (Lipinski definition) is 3. The quantitative estimate of drug-likeness (QED) is 0.226. The standard InChI is InChI=1S/C36H31N3O/c1-22(2)25-15-10-16-26(23(3)4)33(25)39-35(29-18-11-17-28-27-14-8-9-19-32(27)40-34(28)29)38-31-21-20-30(37-36(31)39)24-12-6-5-7-13-24/h5-23H,1-4H3. The van der Waals surface area contributed by atoms with Gasteiger partial charge in [0.25, 0.3) is 0 Å². The van der Waals surface area contributed by atoms with Crippen LogP contribution in [0.1, 0.15) is 50.7 Å². The van der Waals surface area contributed by atoms with E-state index in [1.165, 1.54) is 11.1 Å². The number of para-hydroxylation sites is 3. The average Bonchev–Trinajstić information content (AvgIpc) is 3.55. The molecular weight excluding hydrogens is 490 g/mol. The molecule has 0 aliphatic heterocycles. The molecule has 0 atom stereocenters. The average molecular weight is 522 g/mol. The van der Waals surface area contributed by atoms with Gasteiger partial charge < -0.3 is 4.42 Å². The summed E-state index contributed by atoms with van der Waals surface area (Å²) < 4.78 is 8.79. The number of hydrogen-bond donors (Lipinski definition) is 0. The highest BCUT2D eigenvalue weighted by Crippen LogP contribution is 2.40. The Morgan fingerprint density at radius 2 is 1.30 bits per heavy atom. The number of rotatable bonds is 5. The maximum Gasteiger partial charge on any atom is 0.165 e. The summed E-state index contributed by atoms with van der Waals surface area (Å²) in [4.78, 5) is 10.5. The molecule has 4 heteroatoms. The zero-order chi connectivity index (χ0) is 27.4. The van der Waals surface area contributed by atoms with Crippen LogP contribution in [0.15, 0.2) is 108 Å². The van der Waals surface area contributed by atoms with Crippen LogP contribution in [0.3, 0.4) is 0 Å². The molecule has 0 fully saturated rings. The Hall–Kier alpha value is -4.70. The SMILES string of the molecule is CC(C)c1cccc(C(C)C)c1-n1c(-c2cccc3c2oc2ccccc23)nc2ccc(-c3ccccc3)nc21. The van der Waals surface area contributed by atoms with Gasteiger partial charge in [-0.1, -0.05) is 107 Å². The number of imidazole rings is 1. The fourth-order valence-corrected chi connectivity index (χ4v) is 5.81. The molecule has 0 N–H and O–H groups in total. The lowest BCUT2D eigenvalue weighted by atomic mass is 9.92. The van der Waals surface area contributed by atoms with E-state index in [-0.39, 0.29) is 0 Å². The van der Waals surface area contributed by atoms with Gasteiger partial charge in [0, 0.05) is 16.3 Å². The first kappa shape index (κ1) is 24.3. The molecule has 0 aliphatic rings. The fourth-order valence-electron chi connectivity index (χ4n) is 5.81. The minimum absolute atomic E-state index is 0.318. The van der Waals surface area contributed by atoms with E-state index in [9.17, 15) is 0 Å². The molecule has 40 heavy (non-hydrogen) atoms. The predicted octanol–water partition coefficient (Wildman–Crippen LogP) is 9.90. The number of fused-ring (bicyclic) bond motifs is 4. The van der Waals surface area contributed by atoms with Crippen molar-refractivity contribution < 1.29 is 4.42 Å². The van der Waals surface area contributed by atoms with Crippen molar-refractivity contribution in [3.8, 4) is 28.3 Å². The van der Waals surface area contributed by atoms with Crippen molar-refractivity contribution in [3.63, 3.8) is 0 Å². The molecule has 0 saturated heterocycles. The maximum atomic E-state index is 6.50. The number of benzene rings is 4. The number of furan rings is 1. The Labute approximate surface area is 233 Å². The van der Waals surface area contributed by atoms with Crippen molar-refractivity contribution in [1.29, 1.82) is 0 Å². The molecule has 7 rings (SSSR count). The molecule has 4 aromatic carbocycles. The lowest BCUT2D eigenvalue weighted by Crippen LogP contribution is -2.09. The van der Waals surface area contributed by atoms with Gasteiger partial charge in [0.1, 0.15) is 16.7 Å². The molecule has 0 amide bonds. The van der Waals surface area contributed by atoms with Crippen LogP contribution >= 0.6 is 0 Å². The van der Waals surface area contributed by atoms with Crippen LogP contribution in [0, 0.1) is 0 Å². The molecular formula is C36H31N3O. The third-order valence-corrected chi connectivity index (χ3v) is 7.79. The Morgan fingerprint density at radius 3 is 2.05 bits per heavy atom. The second-order valence-electron chi connectivity index (χ2n) is 11.1. The summed E-state index contributed by atoms with van der Waals surface area (Å²) in [5.74, 6) is 1.48. The maximum absolute atomic E-state index is 6.50. The van der Waals surface area contributed by atoms with E-state index in [0.29, 0.717) is 11.8 Å². The van der Waals surface area contributed by atoms with Crippen molar-refractivity contribution in [1.82, 2.24) is 14.5 Å². The first-order chi connectivity index (χ1) is 19.5. The molecule has 0 bridgehead atoms. The summed E-state index contributed by atoms with van der Waals surface area (Å²) in [6.45, 7) is 9.02. The third kappa shape index (κ3) is 3.83. The van der Waals surface area contributed by atoms with Crippen LogP contribution in [0.25, 0.3) is 61.4 Å². The van der Waals surface area contributed by atoms with Crippen molar-refractivity contribution in [3.05, 3.63) is 114 Å². The van der Waals surface area contributed by atoms with Crippen LogP contribution in [0.4, 0.5) is 0 Å². The second kappa shape index (κ2) is 9.49. The number of nitrogens with zero attached hydrogens (tertiary/aromatic N) is 3. The molecule has 0 aliphatic carbocycles. The van der Waals surface area contributed by atoms with Crippen molar-refractivity contribution in [2.75, 3.05) is 0 Å². The summed E-state index contributed by atoms with van der Waals surface area (Å²) in [6.07, 6.45) is 0. The highest BCUT2D eigenvalue weighted by atomic mass is 16.3. The first-order valence-corrected chi connectivity index (χ1v) is 14.0. The molecule has 4 nitrogen and oxygen atoms in total. The van der Waals surface area contributed by atoms with Gasteiger partial charge in [0.2, 0.25) is 0 Å². The van der Waals surface area contributed by atoms with Crippen molar-refractivity contribution >= 4 is 33.1 Å². The summed E-state index contributed by atoms with van der Waals surface area (Å²) in [7, 11) is 0. The molecule has 3 heterocycles. The Kier molecular flexibility index (Phi) is 5.78. The molecule has 0 saturated carbocycles. The Bertz CT molecular complexity index is 1990. The molecule has 0 unspecified atom stereocenters. The first-order valence-electron chi connectivity index (χ1n) is 14.0. The zero-order valence-corrected chi connectivity index (χ0v) is 23.2. The van der Waals surface area contributed by atoms with Gasteiger partial charge in [-0.15, -0.1) is 0 Å². The normalized spacial score (nSPS) is 11.9. The number of pyridine rings is 1. The lowest BCUT2D eigenvalue weighted by molar-refractivity contribution is 0.669. The Morgan fingerprint density at radius 1 is 0.625 bits per heavy atom. The van der Waals surface area contributed by atoms with E-state index in [2.05, 4.69) is 117 Å². The zero-order valence-electron chi connectivity index (χ0n) is 23.2. The van der Waals surface area contributed by atoms with Crippen molar-refractivity contribution in [2.45, 2.75) is 39.5 Å². The van der Waals surface area contributed by atoms with Crippen LogP contribution in [-0.4, -0.2) is 14.5 Å². The highest BCUT2D eigenvalue weighted by molar-refractivity contribution is 6.09. The van der Waals surface area contributed by atoms with E-state index in [4.69, 9.17) is 14.4 Å². The van der Waals surface area contributed by atoms with E-state index in [0.717, 1.165) is 61.4 Å². The van der Waals surface area contributed by atoms with Crippen LogP contribution in [-0.2, 0) is 0 Å². The van der Waals surface area contributed by atoms with Gasteiger partial charge in [-0.2, -0.15) is 0 Å². The smallest absolute Gasteiger partial charge is 0.165 e. The summed E-state index contributed by atoms with van der Waals surface area (Å²) >= 11 is 0. The van der Waals surface area contributed by atoms with Crippen LogP contribution < -0.4 is 0 Å². The minimum atomic E-state index is 0.318. The van der Waals surface area contributed by atoms with E-state index >= 15 is 0 Å². The van der Waals surface area contributed by atoms with Gasteiger partial charge in [-0.25, -0.2) is 9.97 Å². The molecule has 0 spiro atoms. The molecule has 3 aromatic heterocycles. The predicted molar refractivity (Wildman–Crippen MR) is 165 cm³/mol. The topological polar surface area (TPSA) is 43.9 Å². The van der Waals surface area contributed by atoms with Gasteiger partial charge >= 0.3 is 0 Å². The molecule has 7 aromatic rings. The largest absolute Gasteiger partial charge is 0.455 e. The lowest BCUT2D eigenvalue weighted by Gasteiger charge is -2.22. The second-order valence-corrected chi connectivity index (χ2v) is 11.1. The minimum Gasteiger partial charge on any atom is -0.455 e. The van der Waals surface area contributed by atoms with E-state index < -0.39 is 0 Å². The fraction of sp³-hybridized carbons (Fsp3) is 0.167. The van der Waals surface area contributed by atoms with Crippen LogP contribution in [0.2, 0.25) is 0 Å².